The lowest BCUT2D eigenvalue weighted by Gasteiger charge is -2.10. The van der Waals surface area contributed by atoms with Crippen LogP contribution in [0.15, 0.2) is 40.2 Å². The normalized spacial score (nSPS) is 10.8. The Morgan fingerprint density at radius 2 is 1.94 bits per heavy atom. The second kappa shape index (κ2) is 9.58. The predicted octanol–water partition coefficient (Wildman–Crippen LogP) is 2.66. The van der Waals surface area contributed by atoms with Gasteiger partial charge in [0.25, 0.3) is 0 Å². The highest BCUT2D eigenvalue weighted by atomic mass is 127. The molecule has 0 aliphatic rings. The third-order valence-electron chi connectivity index (χ3n) is 2.05. The van der Waals surface area contributed by atoms with Crippen LogP contribution in [0.3, 0.4) is 0 Å². The van der Waals surface area contributed by atoms with Crippen molar-refractivity contribution in [2.45, 2.75) is 11.3 Å². The van der Waals surface area contributed by atoms with Gasteiger partial charge in [-0.25, -0.2) is 0 Å². The first-order valence-electron chi connectivity index (χ1n) is 5.35. The molecule has 0 aromatic heterocycles. The Morgan fingerprint density at radius 3 is 2.53 bits per heavy atom. The van der Waals surface area contributed by atoms with Crippen LogP contribution in [0.5, 0.6) is 0 Å². The molecule has 1 aromatic carbocycles. The van der Waals surface area contributed by atoms with E-state index in [-0.39, 0.29) is 24.0 Å². The van der Waals surface area contributed by atoms with E-state index in [0.717, 1.165) is 18.7 Å². The first-order chi connectivity index (χ1) is 7.70. The lowest BCUT2D eigenvalue weighted by Crippen LogP contribution is -2.30. The molecule has 1 rings (SSSR count). The van der Waals surface area contributed by atoms with E-state index in [0.29, 0.717) is 5.96 Å². The van der Waals surface area contributed by atoms with E-state index in [1.807, 2.05) is 36.8 Å². The van der Waals surface area contributed by atoms with Gasteiger partial charge in [0.15, 0.2) is 5.96 Å². The number of halogens is 1. The third-order valence-corrected chi connectivity index (χ3v) is 3.14. The maximum absolute atomic E-state index is 5.68. The molecule has 0 heterocycles. The zero-order chi connectivity index (χ0) is 11.8. The first-order valence-corrected chi connectivity index (χ1v) is 6.34. The lowest BCUT2D eigenvalue weighted by molar-refractivity contribution is 0.609. The Morgan fingerprint density at radius 1 is 1.29 bits per heavy atom. The zero-order valence-corrected chi connectivity index (χ0v) is 13.4. The van der Waals surface area contributed by atoms with Crippen LogP contribution in [0.1, 0.15) is 6.42 Å². The minimum atomic E-state index is 0. The van der Waals surface area contributed by atoms with Crippen molar-refractivity contribution in [3.05, 3.63) is 30.3 Å². The highest BCUT2D eigenvalue weighted by molar-refractivity contribution is 14.0. The first kappa shape index (κ1) is 16.6. The summed E-state index contributed by atoms with van der Waals surface area (Å²) in [4.78, 5) is 7.40. The van der Waals surface area contributed by atoms with Crippen LogP contribution in [0.2, 0.25) is 0 Å². The zero-order valence-electron chi connectivity index (χ0n) is 10.3. The van der Waals surface area contributed by atoms with Crippen molar-refractivity contribution in [2.24, 2.45) is 10.7 Å². The van der Waals surface area contributed by atoms with Gasteiger partial charge in [-0.3, -0.25) is 4.99 Å². The number of guanidine groups is 1. The predicted molar refractivity (Wildman–Crippen MR) is 87.4 cm³/mol. The van der Waals surface area contributed by atoms with Gasteiger partial charge in [-0.15, -0.1) is 35.7 Å². The number of hydrogen-bond donors (Lipinski definition) is 1. The Hall–Kier alpha value is -0.430. The van der Waals surface area contributed by atoms with Gasteiger partial charge in [0, 0.05) is 25.5 Å². The molecule has 0 amide bonds. The van der Waals surface area contributed by atoms with Gasteiger partial charge < -0.3 is 10.6 Å². The molecule has 0 spiro atoms. The number of thioether (sulfide) groups is 1. The van der Waals surface area contributed by atoms with E-state index < -0.39 is 0 Å². The third kappa shape index (κ3) is 7.49. The summed E-state index contributed by atoms with van der Waals surface area (Å²) in [5.74, 6) is 1.68. The molecular formula is C12H20IN3S. The fraction of sp³-hybridized carbons (Fsp3) is 0.417. The summed E-state index contributed by atoms with van der Waals surface area (Å²) in [6.07, 6.45) is 1.05. The maximum Gasteiger partial charge on any atom is 0.190 e. The van der Waals surface area contributed by atoms with Crippen molar-refractivity contribution in [1.29, 1.82) is 0 Å². The average molecular weight is 365 g/mol. The Balaban J connectivity index is 0.00000256. The number of nitrogens with zero attached hydrogens (tertiary/aromatic N) is 2. The minimum absolute atomic E-state index is 0. The Labute approximate surface area is 125 Å². The molecular weight excluding hydrogens is 345 g/mol. The summed E-state index contributed by atoms with van der Waals surface area (Å²) in [5, 5.41) is 0. The standard InChI is InChI=1S/C12H19N3S.HI/c1-15(2)12(13)14-9-6-10-16-11-7-4-3-5-8-11;/h3-5,7-8H,6,9-10H2,1-2H3,(H2,13,14);1H. The van der Waals surface area contributed by atoms with Crippen molar-refractivity contribution < 1.29 is 0 Å². The summed E-state index contributed by atoms with van der Waals surface area (Å²) in [6, 6.07) is 10.4. The van der Waals surface area contributed by atoms with Crippen LogP contribution < -0.4 is 5.73 Å². The molecule has 3 nitrogen and oxygen atoms in total. The minimum Gasteiger partial charge on any atom is -0.370 e. The van der Waals surface area contributed by atoms with Gasteiger partial charge in [-0.1, -0.05) is 18.2 Å². The van der Waals surface area contributed by atoms with Gasteiger partial charge in [0.2, 0.25) is 0 Å². The second-order valence-electron chi connectivity index (χ2n) is 3.65. The molecule has 0 fully saturated rings. The largest absolute Gasteiger partial charge is 0.370 e. The fourth-order valence-corrected chi connectivity index (χ4v) is 1.97. The average Bonchev–Trinajstić information content (AvgIpc) is 2.29. The van der Waals surface area contributed by atoms with Crippen LogP contribution in [0.25, 0.3) is 0 Å². The van der Waals surface area contributed by atoms with E-state index in [1.54, 1.807) is 0 Å². The summed E-state index contributed by atoms with van der Waals surface area (Å²) in [7, 11) is 3.80. The summed E-state index contributed by atoms with van der Waals surface area (Å²) < 4.78 is 0. The highest BCUT2D eigenvalue weighted by Gasteiger charge is 1.94. The van der Waals surface area contributed by atoms with Crippen LogP contribution in [-0.2, 0) is 0 Å². The van der Waals surface area contributed by atoms with E-state index >= 15 is 0 Å². The summed E-state index contributed by atoms with van der Waals surface area (Å²) in [5.41, 5.74) is 5.68. The van der Waals surface area contributed by atoms with Crippen molar-refractivity contribution in [2.75, 3.05) is 26.4 Å². The molecule has 0 radical (unpaired) electrons. The summed E-state index contributed by atoms with van der Waals surface area (Å²) in [6.45, 7) is 0.795. The molecule has 5 heteroatoms. The Kier molecular flexibility index (Phi) is 9.34. The summed E-state index contributed by atoms with van der Waals surface area (Å²) >= 11 is 1.86. The number of hydrogen-bond acceptors (Lipinski definition) is 2. The van der Waals surface area contributed by atoms with Gasteiger partial charge in [0.05, 0.1) is 0 Å². The molecule has 0 unspecified atom stereocenters. The Bertz CT molecular complexity index is 328. The van der Waals surface area contributed by atoms with Gasteiger partial charge in [-0.2, -0.15) is 0 Å². The van der Waals surface area contributed by atoms with E-state index in [4.69, 9.17) is 5.73 Å². The fourth-order valence-electron chi connectivity index (χ4n) is 1.11. The monoisotopic (exact) mass is 365 g/mol. The van der Waals surface area contributed by atoms with Gasteiger partial charge in [-0.05, 0) is 24.3 Å². The topological polar surface area (TPSA) is 41.6 Å². The SMILES string of the molecule is CN(C)C(N)=NCCCSc1ccccc1.I. The van der Waals surface area contributed by atoms with Crippen LogP contribution in [0, 0.1) is 0 Å². The van der Waals surface area contributed by atoms with Crippen molar-refractivity contribution >= 4 is 41.7 Å². The second-order valence-corrected chi connectivity index (χ2v) is 4.82. The number of rotatable bonds is 5. The van der Waals surface area contributed by atoms with Crippen molar-refractivity contribution in [3.8, 4) is 0 Å². The molecule has 2 N–H and O–H groups in total. The van der Waals surface area contributed by atoms with E-state index in [9.17, 15) is 0 Å². The van der Waals surface area contributed by atoms with Gasteiger partial charge in [0.1, 0.15) is 0 Å². The van der Waals surface area contributed by atoms with E-state index in [1.165, 1.54) is 4.90 Å². The molecule has 0 aliphatic carbocycles. The quantitative estimate of drug-likeness (QED) is 0.287. The van der Waals surface area contributed by atoms with Crippen molar-refractivity contribution in [3.63, 3.8) is 0 Å². The molecule has 0 saturated carbocycles. The van der Waals surface area contributed by atoms with Gasteiger partial charge >= 0.3 is 0 Å². The molecule has 0 aliphatic heterocycles. The molecule has 17 heavy (non-hydrogen) atoms. The van der Waals surface area contributed by atoms with E-state index in [2.05, 4.69) is 29.3 Å². The molecule has 0 atom stereocenters. The smallest absolute Gasteiger partial charge is 0.190 e. The lowest BCUT2D eigenvalue weighted by atomic mass is 10.4. The molecule has 96 valence electrons. The highest BCUT2D eigenvalue weighted by Crippen LogP contribution is 2.17. The molecule has 0 bridgehead atoms. The molecule has 0 saturated heterocycles. The number of benzene rings is 1. The van der Waals surface area contributed by atoms with Crippen LogP contribution >= 0.6 is 35.7 Å². The van der Waals surface area contributed by atoms with Crippen molar-refractivity contribution in [1.82, 2.24) is 4.90 Å². The number of aliphatic imine (C=N–C) groups is 1. The van der Waals surface area contributed by atoms with Crippen LogP contribution in [-0.4, -0.2) is 37.3 Å². The molecule has 1 aromatic rings. The van der Waals surface area contributed by atoms with Crippen LogP contribution in [0.4, 0.5) is 0 Å². The number of nitrogens with two attached hydrogens (primary N) is 1. The maximum atomic E-state index is 5.68.